The van der Waals surface area contributed by atoms with Crippen LogP contribution in [0.15, 0.2) is 47.3 Å². The number of para-hydroxylation sites is 1. The third-order valence-electron chi connectivity index (χ3n) is 3.31. The normalized spacial score (nSPS) is 10.6. The molecule has 1 heterocycles. The Kier molecular flexibility index (Phi) is 3.34. The average Bonchev–Trinajstić information content (AvgIpc) is 2.54. The number of hydrogen-bond donors (Lipinski definition) is 2. The molecule has 0 aliphatic carbocycles. The molecule has 0 atom stereocenters. The van der Waals surface area contributed by atoms with Crippen molar-refractivity contribution in [3.63, 3.8) is 0 Å². The third-order valence-corrected chi connectivity index (χ3v) is 3.31. The van der Waals surface area contributed by atoms with Crippen LogP contribution in [0.3, 0.4) is 0 Å². The first-order valence-corrected chi connectivity index (χ1v) is 6.51. The number of fused-ring (bicyclic) bond motifs is 1. The number of nitrogens with one attached hydrogen (secondary N) is 1. The zero-order valence-electron chi connectivity index (χ0n) is 11.7. The van der Waals surface area contributed by atoms with E-state index in [0.29, 0.717) is 22.2 Å². The van der Waals surface area contributed by atoms with Gasteiger partial charge < -0.3 is 14.8 Å². The number of aromatic amines is 1. The molecule has 0 bridgehead atoms. The Bertz CT molecular complexity index is 931. The van der Waals surface area contributed by atoms with Crippen molar-refractivity contribution in [2.24, 2.45) is 0 Å². The zero-order chi connectivity index (χ0) is 15.7. The monoisotopic (exact) mass is 296 g/mol. The van der Waals surface area contributed by atoms with E-state index in [-0.39, 0.29) is 16.9 Å². The Labute approximate surface area is 125 Å². The minimum atomic E-state index is -1.06. The van der Waals surface area contributed by atoms with Crippen LogP contribution in [0.1, 0.15) is 10.4 Å². The Morgan fingerprint density at radius 2 is 2.00 bits per heavy atom. The van der Waals surface area contributed by atoms with Crippen LogP contribution in [0.5, 0.6) is 5.75 Å². The van der Waals surface area contributed by atoms with E-state index in [2.05, 4.69) is 9.97 Å². The van der Waals surface area contributed by atoms with Crippen LogP contribution in [0.2, 0.25) is 0 Å². The van der Waals surface area contributed by atoms with Gasteiger partial charge in [0.05, 0.1) is 29.1 Å². The zero-order valence-corrected chi connectivity index (χ0v) is 11.7. The molecule has 2 N–H and O–H groups in total. The third kappa shape index (κ3) is 2.31. The fourth-order valence-electron chi connectivity index (χ4n) is 2.24. The molecule has 0 aliphatic rings. The van der Waals surface area contributed by atoms with Gasteiger partial charge >= 0.3 is 5.97 Å². The molecule has 1 aromatic heterocycles. The van der Waals surface area contributed by atoms with Crippen molar-refractivity contribution in [2.45, 2.75) is 0 Å². The van der Waals surface area contributed by atoms with Gasteiger partial charge in [-0.05, 0) is 30.3 Å². The van der Waals surface area contributed by atoms with Crippen molar-refractivity contribution in [2.75, 3.05) is 7.11 Å². The summed E-state index contributed by atoms with van der Waals surface area (Å²) in [5, 5.41) is 9.58. The van der Waals surface area contributed by atoms with Gasteiger partial charge in [-0.25, -0.2) is 9.78 Å². The summed E-state index contributed by atoms with van der Waals surface area (Å²) in [7, 11) is 1.47. The number of methoxy groups -OCH3 is 1. The maximum Gasteiger partial charge on any atom is 0.335 e. The summed E-state index contributed by atoms with van der Waals surface area (Å²) in [5.74, 6) is -0.362. The molecule has 3 aromatic rings. The van der Waals surface area contributed by atoms with Crippen LogP contribution in [0.4, 0.5) is 0 Å². The van der Waals surface area contributed by atoms with Gasteiger partial charge in [0.15, 0.2) is 0 Å². The largest absolute Gasteiger partial charge is 0.496 e. The molecular weight excluding hydrogens is 284 g/mol. The summed E-state index contributed by atoms with van der Waals surface area (Å²) in [6.45, 7) is 0. The van der Waals surface area contributed by atoms with Gasteiger partial charge in [0.2, 0.25) is 0 Å². The van der Waals surface area contributed by atoms with Crippen molar-refractivity contribution >= 4 is 16.9 Å². The first kappa shape index (κ1) is 13.8. The van der Waals surface area contributed by atoms with E-state index < -0.39 is 5.97 Å². The predicted octanol–water partition coefficient (Wildman–Crippen LogP) is 2.30. The van der Waals surface area contributed by atoms with E-state index in [0.717, 1.165) is 0 Å². The van der Waals surface area contributed by atoms with Crippen molar-refractivity contribution in [1.29, 1.82) is 0 Å². The van der Waals surface area contributed by atoms with Crippen molar-refractivity contribution in [1.82, 2.24) is 9.97 Å². The summed E-state index contributed by atoms with van der Waals surface area (Å²) in [5.41, 5.74) is 0.754. The van der Waals surface area contributed by atoms with Gasteiger partial charge in [-0.15, -0.1) is 0 Å². The van der Waals surface area contributed by atoms with Gasteiger partial charge in [0.25, 0.3) is 5.56 Å². The number of rotatable bonds is 3. The summed E-state index contributed by atoms with van der Waals surface area (Å²) in [6, 6.07) is 11.3. The van der Waals surface area contributed by atoms with E-state index in [1.165, 1.54) is 25.3 Å². The number of aromatic nitrogens is 2. The number of aromatic carboxylic acids is 1. The molecule has 6 heteroatoms. The van der Waals surface area contributed by atoms with Crippen LogP contribution in [0, 0.1) is 0 Å². The smallest absolute Gasteiger partial charge is 0.335 e. The number of carboxylic acid groups (broad SMARTS) is 1. The van der Waals surface area contributed by atoms with Crippen molar-refractivity contribution in [3.05, 3.63) is 58.4 Å². The maximum absolute atomic E-state index is 12.1. The number of ether oxygens (including phenoxy) is 1. The van der Waals surface area contributed by atoms with E-state index in [9.17, 15) is 9.59 Å². The van der Waals surface area contributed by atoms with Crippen LogP contribution in [-0.2, 0) is 0 Å². The van der Waals surface area contributed by atoms with Gasteiger partial charge in [-0.2, -0.15) is 0 Å². The van der Waals surface area contributed by atoms with Crippen molar-refractivity contribution < 1.29 is 14.6 Å². The number of carbonyl (C=O) groups is 1. The molecule has 6 nitrogen and oxygen atoms in total. The molecule has 3 rings (SSSR count). The maximum atomic E-state index is 12.1. The Hall–Kier alpha value is -3.15. The lowest BCUT2D eigenvalue weighted by molar-refractivity contribution is 0.0697. The molecule has 22 heavy (non-hydrogen) atoms. The molecule has 0 unspecified atom stereocenters. The average molecular weight is 296 g/mol. The lowest BCUT2D eigenvalue weighted by Crippen LogP contribution is -2.10. The SMILES string of the molecule is COc1ccc(C(=O)O)cc1-c1nc2ccccc2c(=O)[nH]1. The summed E-state index contributed by atoms with van der Waals surface area (Å²) in [6.07, 6.45) is 0. The fourth-order valence-corrected chi connectivity index (χ4v) is 2.24. The standard InChI is InChI=1S/C16H12N2O4/c1-22-13-7-6-9(16(20)21)8-11(13)14-17-12-5-3-2-4-10(12)15(19)18-14/h2-8H,1H3,(H,20,21)(H,17,18,19). The molecular formula is C16H12N2O4. The Balaban J connectivity index is 2.28. The van der Waals surface area contributed by atoms with Gasteiger partial charge in [-0.1, -0.05) is 12.1 Å². The van der Waals surface area contributed by atoms with Crippen LogP contribution >= 0.6 is 0 Å². The van der Waals surface area contributed by atoms with Gasteiger partial charge in [0, 0.05) is 0 Å². The topological polar surface area (TPSA) is 92.3 Å². The highest BCUT2D eigenvalue weighted by atomic mass is 16.5. The molecule has 0 saturated heterocycles. The second-order valence-corrected chi connectivity index (χ2v) is 4.65. The first-order chi connectivity index (χ1) is 10.6. The molecule has 0 fully saturated rings. The minimum absolute atomic E-state index is 0.0895. The van der Waals surface area contributed by atoms with Crippen LogP contribution in [-0.4, -0.2) is 28.2 Å². The minimum Gasteiger partial charge on any atom is -0.496 e. The molecule has 0 spiro atoms. The summed E-state index contributed by atoms with van der Waals surface area (Å²) >= 11 is 0. The summed E-state index contributed by atoms with van der Waals surface area (Å²) < 4.78 is 5.23. The van der Waals surface area contributed by atoms with Gasteiger partial charge in [-0.3, -0.25) is 4.79 Å². The number of benzene rings is 2. The number of nitrogens with zero attached hydrogens (tertiary/aromatic N) is 1. The quantitative estimate of drug-likeness (QED) is 0.773. The molecule has 0 radical (unpaired) electrons. The van der Waals surface area contributed by atoms with E-state index in [1.807, 2.05) is 0 Å². The molecule has 110 valence electrons. The van der Waals surface area contributed by atoms with E-state index in [4.69, 9.17) is 9.84 Å². The number of H-pyrrole nitrogens is 1. The van der Waals surface area contributed by atoms with Crippen LogP contribution in [0.25, 0.3) is 22.3 Å². The Morgan fingerprint density at radius 3 is 2.73 bits per heavy atom. The molecule has 0 amide bonds. The van der Waals surface area contributed by atoms with Crippen molar-refractivity contribution in [3.8, 4) is 17.1 Å². The number of hydrogen-bond acceptors (Lipinski definition) is 4. The highest BCUT2D eigenvalue weighted by molar-refractivity contribution is 5.90. The molecule has 2 aromatic carbocycles. The fraction of sp³-hybridized carbons (Fsp3) is 0.0625. The molecule has 0 aliphatic heterocycles. The lowest BCUT2D eigenvalue weighted by atomic mass is 10.1. The molecule has 0 saturated carbocycles. The second-order valence-electron chi connectivity index (χ2n) is 4.65. The van der Waals surface area contributed by atoms with E-state index in [1.54, 1.807) is 24.3 Å². The van der Waals surface area contributed by atoms with E-state index >= 15 is 0 Å². The van der Waals surface area contributed by atoms with Gasteiger partial charge in [0.1, 0.15) is 11.6 Å². The first-order valence-electron chi connectivity index (χ1n) is 6.51. The second kappa shape index (κ2) is 5.33. The number of carboxylic acids is 1. The summed E-state index contributed by atoms with van der Waals surface area (Å²) in [4.78, 5) is 30.3. The highest BCUT2D eigenvalue weighted by Crippen LogP contribution is 2.28. The highest BCUT2D eigenvalue weighted by Gasteiger charge is 2.14. The predicted molar refractivity (Wildman–Crippen MR) is 81.3 cm³/mol. The Morgan fingerprint density at radius 1 is 1.23 bits per heavy atom. The lowest BCUT2D eigenvalue weighted by Gasteiger charge is -2.09. The van der Waals surface area contributed by atoms with Crippen LogP contribution < -0.4 is 10.3 Å².